The van der Waals surface area contributed by atoms with Crippen LogP contribution in [-0.2, 0) is 22.7 Å². The second kappa shape index (κ2) is 6.32. The van der Waals surface area contributed by atoms with Gasteiger partial charge in [-0.3, -0.25) is 4.79 Å². The number of hydrogen-bond donors (Lipinski definition) is 1. The molecule has 1 aromatic carbocycles. The van der Waals surface area contributed by atoms with E-state index in [1.54, 1.807) is 0 Å². The molecule has 7 nitrogen and oxygen atoms in total. The molecular formula is C19H21N3O4. The van der Waals surface area contributed by atoms with E-state index in [-0.39, 0.29) is 17.9 Å². The number of carbonyl (C=O) groups is 1. The lowest BCUT2D eigenvalue weighted by atomic mass is 10.1. The van der Waals surface area contributed by atoms with Crippen molar-refractivity contribution in [1.29, 1.82) is 0 Å². The van der Waals surface area contributed by atoms with Gasteiger partial charge in [0.1, 0.15) is 25.6 Å². The zero-order valence-electron chi connectivity index (χ0n) is 14.4. The fourth-order valence-electron chi connectivity index (χ4n) is 3.44. The van der Waals surface area contributed by atoms with Gasteiger partial charge in [-0.25, -0.2) is 4.98 Å². The summed E-state index contributed by atoms with van der Waals surface area (Å²) in [7, 11) is 0. The van der Waals surface area contributed by atoms with E-state index >= 15 is 0 Å². The van der Waals surface area contributed by atoms with Crippen LogP contribution < -0.4 is 14.8 Å². The minimum absolute atomic E-state index is 0.0460. The summed E-state index contributed by atoms with van der Waals surface area (Å²) in [6.07, 6.45) is 3.85. The summed E-state index contributed by atoms with van der Waals surface area (Å²) in [4.78, 5) is 16.3. The van der Waals surface area contributed by atoms with Crippen molar-refractivity contribution in [3.05, 3.63) is 30.2 Å². The molecule has 1 fully saturated rings. The van der Waals surface area contributed by atoms with Crippen molar-refractivity contribution in [3.8, 4) is 22.8 Å². The van der Waals surface area contributed by atoms with Crippen LogP contribution in [0.3, 0.4) is 0 Å². The molecule has 0 radical (unpaired) electrons. The van der Waals surface area contributed by atoms with Crippen LogP contribution in [0, 0.1) is 5.92 Å². The average molecular weight is 355 g/mol. The van der Waals surface area contributed by atoms with Crippen LogP contribution in [0.2, 0.25) is 0 Å². The minimum Gasteiger partial charge on any atom is -0.486 e. The van der Waals surface area contributed by atoms with Gasteiger partial charge >= 0.3 is 0 Å². The van der Waals surface area contributed by atoms with Crippen LogP contribution in [0.5, 0.6) is 11.5 Å². The Kier molecular flexibility index (Phi) is 3.81. The number of aromatic nitrogens is 2. The molecule has 0 saturated heterocycles. The zero-order chi connectivity index (χ0) is 17.5. The van der Waals surface area contributed by atoms with E-state index in [2.05, 4.69) is 14.9 Å². The van der Waals surface area contributed by atoms with Crippen LogP contribution in [0.1, 0.15) is 18.7 Å². The summed E-state index contributed by atoms with van der Waals surface area (Å²) in [6.45, 7) is 2.81. The number of fused-ring (bicyclic) bond motifs is 2. The Morgan fingerprint density at radius 2 is 2.08 bits per heavy atom. The van der Waals surface area contributed by atoms with Gasteiger partial charge in [-0.15, -0.1) is 0 Å². The first kappa shape index (κ1) is 15.7. The lowest BCUT2D eigenvalue weighted by Gasteiger charge is -2.26. The molecule has 1 amide bonds. The van der Waals surface area contributed by atoms with Gasteiger partial charge in [-0.2, -0.15) is 0 Å². The van der Waals surface area contributed by atoms with Crippen molar-refractivity contribution >= 4 is 5.91 Å². The minimum atomic E-state index is -0.0460. The number of hydrogen-bond acceptors (Lipinski definition) is 5. The fraction of sp³-hybridized carbons (Fsp3) is 0.474. The quantitative estimate of drug-likeness (QED) is 0.904. The molecule has 2 aromatic rings. The number of imidazole rings is 1. The number of ether oxygens (including phenoxy) is 3. The highest BCUT2D eigenvalue weighted by Crippen LogP contribution is 2.35. The number of amides is 1. The molecule has 0 spiro atoms. The molecule has 1 atom stereocenters. The van der Waals surface area contributed by atoms with Gasteiger partial charge in [0.15, 0.2) is 11.5 Å². The lowest BCUT2D eigenvalue weighted by molar-refractivity contribution is -0.123. The van der Waals surface area contributed by atoms with E-state index in [9.17, 15) is 4.79 Å². The molecule has 1 aromatic heterocycles. The molecule has 1 saturated carbocycles. The van der Waals surface area contributed by atoms with Gasteiger partial charge in [0, 0.05) is 18.0 Å². The van der Waals surface area contributed by atoms with E-state index < -0.39 is 0 Å². The standard InChI is InChI=1S/C19H21N3O4/c23-19(12-1-2-12)21-8-14-10-22-15(9-20-18(22)11-26-14)13-3-4-16-17(7-13)25-6-5-24-16/h3-4,7,9,12,14H,1-2,5-6,8,10-11H2,(H,21,23)/t14-/m0/s1. The highest BCUT2D eigenvalue weighted by atomic mass is 16.6. The molecule has 2 aliphatic heterocycles. The second-order valence-corrected chi connectivity index (χ2v) is 6.98. The van der Waals surface area contributed by atoms with Crippen LogP contribution in [0.4, 0.5) is 0 Å². The molecular weight excluding hydrogens is 334 g/mol. The SMILES string of the molecule is O=C(NC[C@H]1Cn2c(-c3ccc4c(c3)OCCO4)cnc2CO1)C1CC1. The Hall–Kier alpha value is -2.54. The largest absolute Gasteiger partial charge is 0.486 e. The first-order valence-corrected chi connectivity index (χ1v) is 9.11. The maximum atomic E-state index is 11.9. The number of benzene rings is 1. The third-order valence-corrected chi connectivity index (χ3v) is 5.06. The van der Waals surface area contributed by atoms with Crippen molar-refractivity contribution < 1.29 is 19.0 Å². The summed E-state index contributed by atoms with van der Waals surface area (Å²) < 4.78 is 19.3. The summed E-state index contributed by atoms with van der Waals surface area (Å²) in [5.74, 6) is 2.82. The molecule has 3 heterocycles. The Morgan fingerprint density at radius 1 is 1.23 bits per heavy atom. The van der Waals surface area contributed by atoms with Gasteiger partial charge < -0.3 is 24.1 Å². The molecule has 5 rings (SSSR count). The van der Waals surface area contributed by atoms with Crippen molar-refractivity contribution in [3.63, 3.8) is 0 Å². The van der Waals surface area contributed by atoms with E-state index in [4.69, 9.17) is 14.2 Å². The van der Waals surface area contributed by atoms with Gasteiger partial charge in [-0.05, 0) is 31.0 Å². The predicted molar refractivity (Wildman–Crippen MR) is 93.0 cm³/mol. The third-order valence-electron chi connectivity index (χ3n) is 5.06. The van der Waals surface area contributed by atoms with Crippen molar-refractivity contribution in [2.45, 2.75) is 32.1 Å². The number of rotatable bonds is 4. The highest BCUT2D eigenvalue weighted by molar-refractivity contribution is 5.80. The molecule has 1 N–H and O–H groups in total. The van der Waals surface area contributed by atoms with Crippen LogP contribution in [0.15, 0.2) is 24.4 Å². The summed E-state index contributed by atoms with van der Waals surface area (Å²) >= 11 is 0. The summed E-state index contributed by atoms with van der Waals surface area (Å²) in [5.41, 5.74) is 2.06. The zero-order valence-corrected chi connectivity index (χ0v) is 14.4. The summed E-state index contributed by atoms with van der Waals surface area (Å²) in [6, 6.07) is 5.96. The number of nitrogens with one attached hydrogen (secondary N) is 1. The molecule has 26 heavy (non-hydrogen) atoms. The smallest absolute Gasteiger partial charge is 0.223 e. The lowest BCUT2D eigenvalue weighted by Crippen LogP contribution is -2.39. The average Bonchev–Trinajstić information content (AvgIpc) is 3.45. The Bertz CT molecular complexity index is 843. The van der Waals surface area contributed by atoms with E-state index in [1.165, 1.54) is 0 Å². The number of nitrogens with zero attached hydrogens (tertiary/aromatic N) is 2. The maximum absolute atomic E-state index is 11.9. The summed E-state index contributed by atoms with van der Waals surface area (Å²) in [5, 5.41) is 3.00. The normalized spacial score (nSPS) is 21.2. The Balaban J connectivity index is 1.34. The van der Waals surface area contributed by atoms with Crippen molar-refractivity contribution in [2.75, 3.05) is 19.8 Å². The maximum Gasteiger partial charge on any atom is 0.223 e. The van der Waals surface area contributed by atoms with E-state index in [1.807, 2.05) is 24.4 Å². The predicted octanol–water partition coefficient (Wildman–Crippen LogP) is 1.75. The van der Waals surface area contributed by atoms with Crippen LogP contribution in [-0.4, -0.2) is 41.3 Å². The van der Waals surface area contributed by atoms with Crippen molar-refractivity contribution in [2.24, 2.45) is 5.92 Å². The van der Waals surface area contributed by atoms with Gasteiger partial charge in [-0.1, -0.05) is 0 Å². The van der Waals surface area contributed by atoms with Crippen LogP contribution in [0.25, 0.3) is 11.3 Å². The Morgan fingerprint density at radius 3 is 2.92 bits per heavy atom. The third kappa shape index (κ3) is 2.92. The Labute approximate surface area is 151 Å². The monoisotopic (exact) mass is 355 g/mol. The second-order valence-electron chi connectivity index (χ2n) is 6.98. The first-order valence-electron chi connectivity index (χ1n) is 9.11. The molecule has 1 aliphatic carbocycles. The van der Waals surface area contributed by atoms with E-state index in [0.29, 0.717) is 32.9 Å². The topological polar surface area (TPSA) is 74.6 Å². The van der Waals surface area contributed by atoms with Crippen molar-refractivity contribution in [1.82, 2.24) is 14.9 Å². The van der Waals surface area contributed by atoms with Crippen LogP contribution >= 0.6 is 0 Å². The first-order chi connectivity index (χ1) is 12.8. The number of carbonyl (C=O) groups excluding carboxylic acids is 1. The van der Waals surface area contributed by atoms with Gasteiger partial charge in [0.2, 0.25) is 5.91 Å². The highest BCUT2D eigenvalue weighted by Gasteiger charge is 2.30. The fourth-order valence-corrected chi connectivity index (χ4v) is 3.44. The van der Waals surface area contributed by atoms with E-state index in [0.717, 1.165) is 41.4 Å². The van der Waals surface area contributed by atoms with Gasteiger partial charge in [0.05, 0.1) is 24.5 Å². The molecule has 136 valence electrons. The van der Waals surface area contributed by atoms with Gasteiger partial charge in [0.25, 0.3) is 0 Å². The molecule has 0 unspecified atom stereocenters. The molecule has 7 heteroatoms. The molecule has 0 bridgehead atoms. The molecule has 3 aliphatic rings.